The lowest BCUT2D eigenvalue weighted by Crippen LogP contribution is -2.41. The number of benzene rings is 1. The number of sulfonamides is 2. The number of carboxylic acid groups (broad SMARTS) is 1. The summed E-state index contributed by atoms with van der Waals surface area (Å²) in [5, 5.41) is 8.93. The normalized spacial score (nSPS) is 13.0. The predicted molar refractivity (Wildman–Crippen MR) is 84.0 cm³/mol. The fourth-order valence-corrected chi connectivity index (χ4v) is 5.14. The number of rotatable bonds is 7. The minimum Gasteiger partial charge on any atom is -0.480 e. The van der Waals surface area contributed by atoms with E-state index in [1.165, 1.54) is 46.1 Å². The minimum absolute atomic E-state index is 0.388. The Bertz CT molecular complexity index is 784. The monoisotopic (exact) mass is 364 g/mol. The van der Waals surface area contributed by atoms with Crippen LogP contribution in [0.3, 0.4) is 0 Å². The Labute approximate surface area is 136 Å². The molecule has 0 saturated heterocycles. The van der Waals surface area contributed by atoms with Gasteiger partial charge in [0, 0.05) is 20.1 Å². The molecule has 10 heteroatoms. The van der Waals surface area contributed by atoms with Crippen molar-refractivity contribution in [3.05, 3.63) is 24.3 Å². The van der Waals surface area contributed by atoms with Crippen molar-refractivity contribution in [1.29, 1.82) is 0 Å². The summed E-state index contributed by atoms with van der Waals surface area (Å²) in [4.78, 5) is 10.1. The van der Waals surface area contributed by atoms with Gasteiger partial charge < -0.3 is 5.11 Å². The molecule has 0 fully saturated rings. The van der Waals surface area contributed by atoms with Gasteiger partial charge in [-0.3, -0.25) is 4.79 Å². The Balaban J connectivity index is 3.60. The summed E-state index contributed by atoms with van der Waals surface area (Å²) < 4.78 is 51.9. The zero-order valence-electron chi connectivity index (χ0n) is 13.3. The van der Waals surface area contributed by atoms with Gasteiger partial charge in [0.05, 0.1) is 0 Å². The largest absolute Gasteiger partial charge is 0.480 e. The highest BCUT2D eigenvalue weighted by atomic mass is 32.2. The third-order valence-electron chi connectivity index (χ3n) is 3.06. The molecule has 0 amide bonds. The molecule has 1 rings (SSSR count). The summed E-state index contributed by atoms with van der Waals surface area (Å²) in [6.45, 7) is 2.28. The van der Waals surface area contributed by atoms with Crippen molar-refractivity contribution in [1.82, 2.24) is 8.61 Å². The standard InChI is InChI=1S/C13H20N2O6S2/c1-10(2)15(9-13(16)17)23(20,21)12-8-6-5-7-11(12)22(18,19)14(3)4/h5-8,10H,9H2,1-4H3,(H,16,17). The summed E-state index contributed by atoms with van der Waals surface area (Å²) in [7, 11) is -5.72. The van der Waals surface area contributed by atoms with Crippen molar-refractivity contribution in [3.63, 3.8) is 0 Å². The number of carbonyl (C=O) groups is 1. The maximum atomic E-state index is 12.8. The third kappa shape index (κ3) is 4.08. The van der Waals surface area contributed by atoms with Crippen LogP contribution < -0.4 is 0 Å². The van der Waals surface area contributed by atoms with E-state index < -0.39 is 43.5 Å². The van der Waals surface area contributed by atoms with E-state index >= 15 is 0 Å². The quantitative estimate of drug-likeness (QED) is 0.750. The second-order valence-corrected chi connectivity index (χ2v) is 9.25. The average Bonchev–Trinajstić information content (AvgIpc) is 2.44. The lowest BCUT2D eigenvalue weighted by atomic mass is 10.4. The van der Waals surface area contributed by atoms with E-state index in [1.807, 2.05) is 0 Å². The molecular formula is C13H20N2O6S2. The van der Waals surface area contributed by atoms with Crippen LogP contribution in [0, 0.1) is 0 Å². The first-order chi connectivity index (χ1) is 10.4. The molecule has 0 heterocycles. The van der Waals surface area contributed by atoms with Crippen LogP contribution in [0.5, 0.6) is 0 Å². The van der Waals surface area contributed by atoms with Crippen molar-refractivity contribution in [2.45, 2.75) is 29.7 Å². The smallest absolute Gasteiger partial charge is 0.318 e. The Hall–Kier alpha value is -1.49. The van der Waals surface area contributed by atoms with E-state index in [1.54, 1.807) is 0 Å². The van der Waals surface area contributed by atoms with E-state index in [2.05, 4.69) is 0 Å². The van der Waals surface area contributed by atoms with E-state index in [0.717, 1.165) is 14.7 Å². The lowest BCUT2D eigenvalue weighted by molar-refractivity contribution is -0.137. The molecule has 0 radical (unpaired) electrons. The molecule has 130 valence electrons. The van der Waals surface area contributed by atoms with Crippen LogP contribution in [0.25, 0.3) is 0 Å². The van der Waals surface area contributed by atoms with Gasteiger partial charge in [0.2, 0.25) is 20.0 Å². The van der Waals surface area contributed by atoms with Gasteiger partial charge in [-0.05, 0) is 26.0 Å². The first-order valence-corrected chi connectivity index (χ1v) is 9.55. The van der Waals surface area contributed by atoms with Gasteiger partial charge in [-0.25, -0.2) is 21.1 Å². The molecule has 1 aromatic carbocycles. The topological polar surface area (TPSA) is 112 Å². The van der Waals surface area contributed by atoms with Crippen LogP contribution in [0.1, 0.15) is 13.8 Å². The van der Waals surface area contributed by atoms with Gasteiger partial charge in [0.1, 0.15) is 16.3 Å². The van der Waals surface area contributed by atoms with Crippen LogP contribution in [-0.4, -0.2) is 63.2 Å². The van der Waals surface area contributed by atoms with E-state index in [4.69, 9.17) is 5.11 Å². The van der Waals surface area contributed by atoms with E-state index in [0.29, 0.717) is 0 Å². The van der Waals surface area contributed by atoms with Gasteiger partial charge in [-0.2, -0.15) is 4.31 Å². The molecule has 0 aliphatic heterocycles. The van der Waals surface area contributed by atoms with Crippen molar-refractivity contribution in [2.24, 2.45) is 0 Å². The van der Waals surface area contributed by atoms with Crippen LogP contribution in [0.15, 0.2) is 34.1 Å². The number of nitrogens with zero attached hydrogens (tertiary/aromatic N) is 2. The average molecular weight is 364 g/mol. The number of hydrogen-bond donors (Lipinski definition) is 1. The van der Waals surface area contributed by atoms with Crippen molar-refractivity contribution in [3.8, 4) is 0 Å². The summed E-state index contributed by atoms with van der Waals surface area (Å²) >= 11 is 0. The second-order valence-electron chi connectivity index (χ2n) is 5.27. The lowest BCUT2D eigenvalue weighted by Gasteiger charge is -2.25. The minimum atomic E-state index is -4.30. The molecule has 8 nitrogen and oxygen atoms in total. The van der Waals surface area contributed by atoms with Gasteiger partial charge in [0.25, 0.3) is 0 Å². The third-order valence-corrected chi connectivity index (χ3v) is 7.14. The van der Waals surface area contributed by atoms with E-state index in [-0.39, 0.29) is 4.90 Å². The molecule has 0 atom stereocenters. The van der Waals surface area contributed by atoms with Gasteiger partial charge >= 0.3 is 5.97 Å². The summed E-state index contributed by atoms with van der Waals surface area (Å²) in [6.07, 6.45) is 0. The molecule has 0 aliphatic rings. The Morgan fingerprint density at radius 1 is 1.04 bits per heavy atom. The number of carboxylic acids is 1. The molecule has 0 unspecified atom stereocenters. The highest BCUT2D eigenvalue weighted by Gasteiger charge is 2.34. The van der Waals surface area contributed by atoms with Crippen LogP contribution in [0.2, 0.25) is 0 Å². The fraction of sp³-hybridized carbons (Fsp3) is 0.462. The van der Waals surface area contributed by atoms with E-state index in [9.17, 15) is 21.6 Å². The van der Waals surface area contributed by atoms with Crippen molar-refractivity contribution >= 4 is 26.0 Å². The summed E-state index contributed by atoms with van der Waals surface area (Å²) in [5.74, 6) is -1.32. The van der Waals surface area contributed by atoms with Crippen LogP contribution in [-0.2, 0) is 24.8 Å². The maximum Gasteiger partial charge on any atom is 0.318 e. The van der Waals surface area contributed by atoms with Crippen molar-refractivity contribution < 1.29 is 26.7 Å². The zero-order valence-corrected chi connectivity index (χ0v) is 14.9. The molecule has 0 bridgehead atoms. The van der Waals surface area contributed by atoms with Gasteiger partial charge in [0.15, 0.2) is 0 Å². The highest BCUT2D eigenvalue weighted by Crippen LogP contribution is 2.26. The highest BCUT2D eigenvalue weighted by molar-refractivity contribution is 7.92. The Kier molecular flexibility index (Phi) is 5.91. The summed E-state index contributed by atoms with van der Waals surface area (Å²) in [6, 6.07) is 4.49. The number of aliphatic carboxylic acids is 1. The van der Waals surface area contributed by atoms with Crippen LogP contribution >= 0.6 is 0 Å². The molecule has 1 N–H and O–H groups in total. The molecule has 0 saturated carbocycles. The predicted octanol–water partition coefficient (Wildman–Crippen LogP) is 0.421. The first-order valence-electron chi connectivity index (χ1n) is 6.67. The van der Waals surface area contributed by atoms with Gasteiger partial charge in [-0.15, -0.1) is 0 Å². The Morgan fingerprint density at radius 2 is 1.48 bits per heavy atom. The van der Waals surface area contributed by atoms with Gasteiger partial charge in [-0.1, -0.05) is 12.1 Å². The molecule has 0 spiro atoms. The maximum absolute atomic E-state index is 12.8. The fourth-order valence-electron chi connectivity index (χ4n) is 1.88. The molecule has 1 aromatic rings. The Morgan fingerprint density at radius 3 is 1.83 bits per heavy atom. The molecule has 0 aliphatic carbocycles. The number of hydrogen-bond acceptors (Lipinski definition) is 5. The second kappa shape index (κ2) is 6.95. The SMILES string of the molecule is CC(C)N(CC(=O)O)S(=O)(=O)c1ccccc1S(=O)(=O)N(C)C. The first kappa shape index (κ1) is 19.6. The summed E-state index contributed by atoms with van der Waals surface area (Å²) in [5.41, 5.74) is 0. The molecular weight excluding hydrogens is 344 g/mol. The van der Waals surface area contributed by atoms with Crippen LogP contribution in [0.4, 0.5) is 0 Å². The molecule has 0 aromatic heterocycles. The van der Waals surface area contributed by atoms with Crippen molar-refractivity contribution in [2.75, 3.05) is 20.6 Å². The molecule has 23 heavy (non-hydrogen) atoms. The zero-order chi connectivity index (χ0) is 18.0.